The Morgan fingerprint density at radius 1 is 1.28 bits per heavy atom. The summed E-state index contributed by atoms with van der Waals surface area (Å²) in [4.78, 5) is 15.0. The topological polar surface area (TPSA) is 60.0 Å². The zero-order valence-electron chi connectivity index (χ0n) is 15.7. The molecule has 2 rings (SSSR count). The number of nitrogens with one attached hydrogen (secondary N) is 1. The van der Waals surface area contributed by atoms with Gasteiger partial charge in [-0.05, 0) is 31.9 Å². The lowest BCUT2D eigenvalue weighted by atomic mass is 10.1. The van der Waals surface area contributed by atoms with Crippen LogP contribution < -0.4 is 14.8 Å². The second-order valence-electron chi connectivity index (χ2n) is 6.76. The molecule has 1 aromatic rings. The molecule has 0 radical (unpaired) electrons. The summed E-state index contributed by atoms with van der Waals surface area (Å²) >= 11 is 0. The quantitative estimate of drug-likeness (QED) is 0.779. The first-order valence-corrected chi connectivity index (χ1v) is 8.92. The van der Waals surface area contributed by atoms with E-state index in [9.17, 15) is 4.79 Å². The van der Waals surface area contributed by atoms with Crippen molar-refractivity contribution in [3.05, 3.63) is 23.8 Å². The zero-order chi connectivity index (χ0) is 18.2. The largest absolute Gasteiger partial charge is 0.497 e. The number of rotatable bonds is 8. The number of nitrogens with zero attached hydrogens (tertiary/aromatic N) is 1. The van der Waals surface area contributed by atoms with Crippen molar-refractivity contribution in [2.24, 2.45) is 5.92 Å². The highest BCUT2D eigenvalue weighted by Gasteiger charge is 2.17. The predicted octanol–water partition coefficient (Wildman–Crippen LogP) is 2.18. The molecule has 1 aliphatic heterocycles. The van der Waals surface area contributed by atoms with Crippen LogP contribution in [0.3, 0.4) is 0 Å². The Labute approximate surface area is 150 Å². The Morgan fingerprint density at radius 3 is 2.64 bits per heavy atom. The van der Waals surface area contributed by atoms with Crippen LogP contribution in [0.4, 0.5) is 0 Å². The minimum atomic E-state index is -0.118. The van der Waals surface area contributed by atoms with Crippen LogP contribution in [0, 0.1) is 5.92 Å². The van der Waals surface area contributed by atoms with E-state index in [2.05, 4.69) is 17.1 Å². The van der Waals surface area contributed by atoms with Gasteiger partial charge in [0.2, 0.25) is 0 Å². The highest BCUT2D eigenvalue weighted by Crippen LogP contribution is 2.26. The van der Waals surface area contributed by atoms with Crippen molar-refractivity contribution < 1.29 is 19.0 Å². The van der Waals surface area contributed by atoms with E-state index in [4.69, 9.17) is 14.2 Å². The van der Waals surface area contributed by atoms with Gasteiger partial charge in [-0.15, -0.1) is 0 Å². The fourth-order valence-corrected chi connectivity index (χ4v) is 2.82. The van der Waals surface area contributed by atoms with Crippen LogP contribution in [-0.2, 0) is 4.74 Å². The van der Waals surface area contributed by atoms with Crippen LogP contribution >= 0.6 is 0 Å². The van der Waals surface area contributed by atoms with Gasteiger partial charge in [-0.1, -0.05) is 6.92 Å². The van der Waals surface area contributed by atoms with Crippen molar-refractivity contribution >= 4 is 5.91 Å². The first-order chi connectivity index (χ1) is 12.0. The van der Waals surface area contributed by atoms with E-state index in [0.717, 1.165) is 32.8 Å². The lowest BCUT2D eigenvalue weighted by molar-refractivity contribution is 0.0317. The number of amides is 1. The molecule has 6 nitrogen and oxygen atoms in total. The molecule has 0 bridgehead atoms. The van der Waals surface area contributed by atoms with E-state index >= 15 is 0 Å². The van der Waals surface area contributed by atoms with Crippen LogP contribution in [0.5, 0.6) is 11.5 Å². The molecule has 1 amide bonds. The normalized spacial score (nSPS) is 16.5. The number of ether oxygens (including phenoxy) is 3. The van der Waals surface area contributed by atoms with Gasteiger partial charge in [-0.25, -0.2) is 0 Å². The third-order valence-electron chi connectivity index (χ3n) is 4.08. The highest BCUT2D eigenvalue weighted by atomic mass is 16.5. The van der Waals surface area contributed by atoms with E-state index in [0.29, 0.717) is 29.5 Å². The van der Waals surface area contributed by atoms with E-state index in [1.165, 1.54) is 0 Å². The minimum absolute atomic E-state index is 0.0149. The van der Waals surface area contributed by atoms with Gasteiger partial charge in [-0.3, -0.25) is 9.69 Å². The standard InChI is InChI=1S/C19H30N2O4/c1-14(2)25-18-11-16(23-4)5-6-17(18)19(22)20-12-15(3)13-21-7-9-24-10-8-21/h5-6,11,14-15H,7-10,12-13H2,1-4H3,(H,20,22)/t15-/m1/s1. The fourth-order valence-electron chi connectivity index (χ4n) is 2.82. The van der Waals surface area contributed by atoms with Crippen molar-refractivity contribution in [2.75, 3.05) is 46.5 Å². The van der Waals surface area contributed by atoms with Crippen LogP contribution in [0.1, 0.15) is 31.1 Å². The maximum absolute atomic E-state index is 12.6. The third-order valence-corrected chi connectivity index (χ3v) is 4.08. The second kappa shape index (κ2) is 9.63. The monoisotopic (exact) mass is 350 g/mol. The Kier molecular flexibility index (Phi) is 7.52. The van der Waals surface area contributed by atoms with Crippen LogP contribution in [-0.4, -0.2) is 63.4 Å². The molecular weight excluding hydrogens is 320 g/mol. The fraction of sp³-hybridized carbons (Fsp3) is 0.632. The molecule has 1 N–H and O–H groups in total. The summed E-state index contributed by atoms with van der Waals surface area (Å²) in [6.07, 6.45) is -0.0149. The van der Waals surface area contributed by atoms with Gasteiger partial charge in [0.1, 0.15) is 11.5 Å². The van der Waals surface area contributed by atoms with Gasteiger partial charge in [-0.2, -0.15) is 0 Å². The molecule has 1 fully saturated rings. The molecule has 6 heteroatoms. The average molecular weight is 350 g/mol. The van der Waals surface area contributed by atoms with E-state index in [1.807, 2.05) is 13.8 Å². The van der Waals surface area contributed by atoms with Gasteiger partial charge in [0.25, 0.3) is 5.91 Å². The number of hydrogen-bond acceptors (Lipinski definition) is 5. The summed E-state index contributed by atoms with van der Waals surface area (Å²) in [5, 5.41) is 3.02. The molecule has 1 heterocycles. The van der Waals surface area contributed by atoms with Gasteiger partial charge in [0, 0.05) is 32.2 Å². The van der Waals surface area contributed by atoms with Crippen molar-refractivity contribution in [3.63, 3.8) is 0 Å². The summed E-state index contributed by atoms with van der Waals surface area (Å²) < 4.78 is 16.4. The number of hydrogen-bond donors (Lipinski definition) is 1. The summed E-state index contributed by atoms with van der Waals surface area (Å²) in [7, 11) is 1.60. The number of benzene rings is 1. The number of carbonyl (C=O) groups is 1. The zero-order valence-corrected chi connectivity index (χ0v) is 15.7. The average Bonchev–Trinajstić information content (AvgIpc) is 2.60. The first-order valence-electron chi connectivity index (χ1n) is 8.92. The van der Waals surface area contributed by atoms with Crippen molar-refractivity contribution in [3.8, 4) is 11.5 Å². The molecule has 0 spiro atoms. The molecule has 25 heavy (non-hydrogen) atoms. The minimum Gasteiger partial charge on any atom is -0.497 e. The van der Waals surface area contributed by atoms with Gasteiger partial charge >= 0.3 is 0 Å². The van der Waals surface area contributed by atoms with Gasteiger partial charge in [0.15, 0.2) is 0 Å². The second-order valence-corrected chi connectivity index (χ2v) is 6.76. The summed E-state index contributed by atoms with van der Waals surface area (Å²) in [6, 6.07) is 5.28. The lowest BCUT2D eigenvalue weighted by Crippen LogP contribution is -2.41. The first kappa shape index (κ1) is 19.5. The van der Waals surface area contributed by atoms with E-state index in [-0.39, 0.29) is 12.0 Å². The molecular formula is C19H30N2O4. The van der Waals surface area contributed by atoms with Crippen LogP contribution in [0.15, 0.2) is 18.2 Å². The van der Waals surface area contributed by atoms with Gasteiger partial charge in [0.05, 0.1) is 32.0 Å². The number of methoxy groups -OCH3 is 1. The molecule has 0 saturated carbocycles. The molecule has 0 unspecified atom stereocenters. The Hall–Kier alpha value is -1.79. The van der Waals surface area contributed by atoms with E-state index in [1.54, 1.807) is 25.3 Å². The van der Waals surface area contributed by atoms with E-state index < -0.39 is 0 Å². The molecule has 1 aliphatic rings. The Bertz CT molecular complexity index is 556. The maximum atomic E-state index is 12.6. The molecule has 140 valence electrons. The Morgan fingerprint density at radius 2 is 2.00 bits per heavy atom. The number of morpholine rings is 1. The lowest BCUT2D eigenvalue weighted by Gasteiger charge is -2.29. The van der Waals surface area contributed by atoms with Crippen LogP contribution in [0.25, 0.3) is 0 Å². The predicted molar refractivity (Wildman–Crippen MR) is 97.5 cm³/mol. The number of carbonyl (C=O) groups excluding carboxylic acids is 1. The van der Waals surface area contributed by atoms with Crippen molar-refractivity contribution in [1.29, 1.82) is 0 Å². The van der Waals surface area contributed by atoms with Crippen molar-refractivity contribution in [2.45, 2.75) is 26.9 Å². The summed E-state index contributed by atoms with van der Waals surface area (Å²) in [5.74, 6) is 1.47. The summed E-state index contributed by atoms with van der Waals surface area (Å²) in [5.41, 5.74) is 0.535. The SMILES string of the molecule is COc1ccc(C(=O)NC[C@@H](C)CN2CCOCC2)c(OC(C)C)c1. The summed E-state index contributed by atoms with van der Waals surface area (Å²) in [6.45, 7) is 11.1. The molecule has 0 aliphatic carbocycles. The Balaban J connectivity index is 1.92. The van der Waals surface area contributed by atoms with Crippen LogP contribution in [0.2, 0.25) is 0 Å². The smallest absolute Gasteiger partial charge is 0.255 e. The van der Waals surface area contributed by atoms with Crippen molar-refractivity contribution in [1.82, 2.24) is 10.2 Å². The molecule has 1 saturated heterocycles. The van der Waals surface area contributed by atoms with Gasteiger partial charge < -0.3 is 19.5 Å². The highest BCUT2D eigenvalue weighted by molar-refractivity contribution is 5.97. The molecule has 1 aromatic carbocycles. The molecule has 0 aromatic heterocycles. The maximum Gasteiger partial charge on any atom is 0.255 e. The molecule has 1 atom stereocenters. The third kappa shape index (κ3) is 6.21.